The highest BCUT2D eigenvalue weighted by molar-refractivity contribution is 5.80. The predicted octanol–water partition coefficient (Wildman–Crippen LogP) is 0.865. The second kappa shape index (κ2) is 4.67. The molecule has 0 spiro atoms. The molecule has 1 fully saturated rings. The van der Waals surface area contributed by atoms with Gasteiger partial charge in [0.15, 0.2) is 11.6 Å². The number of nitrogens with two attached hydrogens (primary N) is 1. The fraction of sp³-hybridized carbons (Fsp3) is 0.364. The lowest BCUT2D eigenvalue weighted by Crippen LogP contribution is -2.50. The number of nitrogens with zero attached hydrogens (tertiary/aromatic N) is 2. The molecule has 7 nitrogen and oxygen atoms in total. The van der Waals surface area contributed by atoms with Crippen LogP contribution in [0, 0.1) is 21.7 Å². The molecule has 9 heteroatoms. The number of halogens is 2. The van der Waals surface area contributed by atoms with Crippen LogP contribution in [0.15, 0.2) is 12.1 Å². The summed E-state index contributed by atoms with van der Waals surface area (Å²) in [6.45, 7) is -0.220. The van der Waals surface area contributed by atoms with Crippen LogP contribution in [-0.2, 0) is 4.79 Å². The Labute approximate surface area is 111 Å². The van der Waals surface area contributed by atoms with Crippen molar-refractivity contribution in [2.75, 3.05) is 18.0 Å². The van der Waals surface area contributed by atoms with Gasteiger partial charge in [0.1, 0.15) is 11.2 Å². The van der Waals surface area contributed by atoms with Crippen LogP contribution in [0.25, 0.3) is 0 Å². The molecule has 1 heterocycles. The van der Waals surface area contributed by atoms with Crippen molar-refractivity contribution in [1.82, 2.24) is 0 Å². The molecule has 1 saturated heterocycles. The average molecular weight is 287 g/mol. The maximum absolute atomic E-state index is 13.8. The Balaban J connectivity index is 2.36. The molecule has 0 bridgehead atoms. The van der Waals surface area contributed by atoms with Gasteiger partial charge in [-0.25, -0.2) is 8.78 Å². The number of non-ortho nitro benzene ring substituents is 1. The number of benzene rings is 1. The van der Waals surface area contributed by atoms with E-state index in [4.69, 9.17) is 10.8 Å². The number of carboxylic acid groups (broad SMARTS) is 1. The van der Waals surface area contributed by atoms with Gasteiger partial charge in [0.05, 0.1) is 17.1 Å². The quantitative estimate of drug-likeness (QED) is 0.630. The second-order valence-corrected chi connectivity index (χ2v) is 4.65. The predicted molar refractivity (Wildman–Crippen MR) is 64.4 cm³/mol. The normalized spacial score (nSPS) is 22.1. The van der Waals surface area contributed by atoms with Crippen LogP contribution in [0.5, 0.6) is 0 Å². The fourth-order valence-corrected chi connectivity index (χ4v) is 2.16. The first kappa shape index (κ1) is 14.1. The molecule has 0 saturated carbocycles. The van der Waals surface area contributed by atoms with Gasteiger partial charge in [-0.05, 0) is 6.42 Å². The largest absolute Gasteiger partial charge is 0.480 e. The Bertz CT molecular complexity index is 572. The van der Waals surface area contributed by atoms with Crippen molar-refractivity contribution in [3.05, 3.63) is 33.9 Å². The molecule has 1 atom stereocenters. The highest BCUT2D eigenvalue weighted by Crippen LogP contribution is 2.32. The second-order valence-electron chi connectivity index (χ2n) is 4.65. The molecule has 3 N–H and O–H groups in total. The highest BCUT2D eigenvalue weighted by atomic mass is 19.1. The van der Waals surface area contributed by atoms with E-state index in [1.54, 1.807) is 0 Å². The summed E-state index contributed by atoms with van der Waals surface area (Å²) in [5.41, 5.74) is 2.83. The lowest BCUT2D eigenvalue weighted by atomic mass is 10.0. The molecule has 20 heavy (non-hydrogen) atoms. The van der Waals surface area contributed by atoms with Gasteiger partial charge in [0, 0.05) is 13.1 Å². The third-order valence-electron chi connectivity index (χ3n) is 3.26. The molecule has 0 aromatic heterocycles. The van der Waals surface area contributed by atoms with E-state index in [1.165, 1.54) is 0 Å². The number of aliphatic carboxylic acids is 1. The van der Waals surface area contributed by atoms with E-state index < -0.39 is 39.4 Å². The standard InChI is InChI=1S/C11H11F2N3O4/c12-7-3-6(16(19)20)4-8(13)9(7)15-2-1-11(14,5-15)10(17)18/h3-4H,1-2,5,14H2,(H,17,18). The Morgan fingerprint density at radius 1 is 1.45 bits per heavy atom. The molecule has 0 radical (unpaired) electrons. The van der Waals surface area contributed by atoms with Crippen molar-refractivity contribution in [3.8, 4) is 0 Å². The van der Waals surface area contributed by atoms with Gasteiger partial charge in [0.25, 0.3) is 5.69 Å². The molecular weight excluding hydrogens is 276 g/mol. The fourth-order valence-electron chi connectivity index (χ4n) is 2.16. The van der Waals surface area contributed by atoms with Gasteiger partial charge in [-0.1, -0.05) is 0 Å². The van der Waals surface area contributed by atoms with Crippen LogP contribution < -0.4 is 10.6 Å². The van der Waals surface area contributed by atoms with E-state index in [0.717, 1.165) is 4.90 Å². The topological polar surface area (TPSA) is 110 Å². The smallest absolute Gasteiger partial charge is 0.325 e. The molecule has 1 unspecified atom stereocenters. The number of hydrogen-bond donors (Lipinski definition) is 2. The monoisotopic (exact) mass is 287 g/mol. The van der Waals surface area contributed by atoms with E-state index in [9.17, 15) is 23.7 Å². The maximum atomic E-state index is 13.8. The SMILES string of the molecule is NC1(C(=O)O)CCN(c2c(F)cc([N+](=O)[O-])cc2F)C1. The minimum absolute atomic E-state index is 0.0260. The number of rotatable bonds is 3. The van der Waals surface area contributed by atoms with Crippen LogP contribution in [0.1, 0.15) is 6.42 Å². The maximum Gasteiger partial charge on any atom is 0.325 e. The minimum Gasteiger partial charge on any atom is -0.480 e. The lowest BCUT2D eigenvalue weighted by molar-refractivity contribution is -0.385. The lowest BCUT2D eigenvalue weighted by Gasteiger charge is -2.22. The van der Waals surface area contributed by atoms with Gasteiger partial charge < -0.3 is 15.7 Å². The third kappa shape index (κ3) is 2.27. The van der Waals surface area contributed by atoms with E-state index in [0.29, 0.717) is 12.1 Å². The molecule has 1 aliphatic heterocycles. The summed E-state index contributed by atoms with van der Waals surface area (Å²) in [5, 5.41) is 19.5. The van der Waals surface area contributed by atoms with Crippen molar-refractivity contribution >= 4 is 17.3 Å². The van der Waals surface area contributed by atoms with Crippen LogP contribution >= 0.6 is 0 Å². The Hall–Kier alpha value is -2.29. The summed E-state index contributed by atoms with van der Waals surface area (Å²) in [6, 6.07) is 1.19. The summed E-state index contributed by atoms with van der Waals surface area (Å²) < 4.78 is 27.6. The molecule has 1 aliphatic rings. The number of hydrogen-bond acceptors (Lipinski definition) is 5. The first-order valence-electron chi connectivity index (χ1n) is 5.65. The summed E-state index contributed by atoms with van der Waals surface area (Å²) in [4.78, 5) is 21.7. The van der Waals surface area contributed by atoms with Crippen LogP contribution in [0.4, 0.5) is 20.2 Å². The van der Waals surface area contributed by atoms with Crippen molar-refractivity contribution in [1.29, 1.82) is 0 Å². The number of anilines is 1. The summed E-state index contributed by atoms with van der Waals surface area (Å²) in [5.74, 6) is -3.50. The van der Waals surface area contributed by atoms with Gasteiger partial charge >= 0.3 is 5.97 Å². The van der Waals surface area contributed by atoms with Gasteiger partial charge in [-0.15, -0.1) is 0 Å². The van der Waals surface area contributed by atoms with Gasteiger partial charge in [-0.3, -0.25) is 14.9 Å². The molecule has 0 aliphatic carbocycles. The molecule has 1 aromatic carbocycles. The van der Waals surface area contributed by atoms with Crippen LogP contribution in [0.2, 0.25) is 0 Å². The average Bonchev–Trinajstić information content (AvgIpc) is 2.72. The zero-order valence-corrected chi connectivity index (χ0v) is 10.2. The summed E-state index contributed by atoms with van der Waals surface area (Å²) >= 11 is 0. The molecule has 0 amide bonds. The Morgan fingerprint density at radius 2 is 2.00 bits per heavy atom. The highest BCUT2D eigenvalue weighted by Gasteiger charge is 2.42. The molecule has 108 valence electrons. The van der Waals surface area contributed by atoms with E-state index in [1.807, 2.05) is 0 Å². The van der Waals surface area contributed by atoms with E-state index in [2.05, 4.69) is 0 Å². The number of nitro benzene ring substituents is 1. The minimum atomic E-state index is -1.58. The summed E-state index contributed by atoms with van der Waals surface area (Å²) in [7, 11) is 0. The zero-order valence-electron chi connectivity index (χ0n) is 10.2. The summed E-state index contributed by atoms with van der Waals surface area (Å²) in [6.07, 6.45) is 0.0260. The van der Waals surface area contributed by atoms with Crippen molar-refractivity contribution in [2.45, 2.75) is 12.0 Å². The first-order chi connectivity index (χ1) is 9.24. The first-order valence-corrected chi connectivity index (χ1v) is 5.65. The Morgan fingerprint density at radius 3 is 2.40 bits per heavy atom. The van der Waals surface area contributed by atoms with Crippen molar-refractivity contribution in [2.24, 2.45) is 5.73 Å². The van der Waals surface area contributed by atoms with E-state index >= 15 is 0 Å². The van der Waals surface area contributed by atoms with Gasteiger partial charge in [0.2, 0.25) is 0 Å². The van der Waals surface area contributed by atoms with Gasteiger partial charge in [-0.2, -0.15) is 0 Å². The van der Waals surface area contributed by atoms with Crippen molar-refractivity contribution < 1.29 is 23.6 Å². The van der Waals surface area contributed by atoms with Crippen LogP contribution in [0.3, 0.4) is 0 Å². The van der Waals surface area contributed by atoms with Crippen LogP contribution in [-0.4, -0.2) is 34.6 Å². The molecule has 1 aromatic rings. The number of carbonyl (C=O) groups is 1. The number of carboxylic acids is 1. The van der Waals surface area contributed by atoms with E-state index in [-0.39, 0.29) is 19.5 Å². The molecule has 2 rings (SSSR count). The number of nitro groups is 1. The zero-order chi connectivity index (χ0) is 15.1. The Kier molecular flexibility index (Phi) is 3.30. The molecular formula is C11H11F2N3O4. The van der Waals surface area contributed by atoms with Crippen molar-refractivity contribution in [3.63, 3.8) is 0 Å². The third-order valence-corrected chi connectivity index (χ3v) is 3.26.